The Morgan fingerprint density at radius 1 is 1.46 bits per heavy atom. The van der Waals surface area contributed by atoms with Crippen LogP contribution in [0.25, 0.3) is 0 Å². The average Bonchev–Trinajstić information content (AvgIpc) is 2.20. The molecule has 3 nitrogen and oxygen atoms in total. The van der Waals surface area contributed by atoms with Gasteiger partial charge in [-0.25, -0.2) is 0 Å². The highest BCUT2D eigenvalue weighted by molar-refractivity contribution is 5.27. The van der Waals surface area contributed by atoms with E-state index in [0.29, 0.717) is 5.75 Å². The minimum atomic E-state index is 0.245. The van der Waals surface area contributed by atoms with Gasteiger partial charge < -0.3 is 10.4 Å². The first-order chi connectivity index (χ1) is 6.38. The quantitative estimate of drug-likeness (QED) is 0.686. The van der Waals surface area contributed by atoms with Crippen molar-refractivity contribution in [1.82, 2.24) is 10.3 Å². The van der Waals surface area contributed by atoms with E-state index in [1.807, 2.05) is 0 Å². The predicted octanol–water partition coefficient (Wildman–Crippen LogP) is 1.60. The Morgan fingerprint density at radius 2 is 2.38 bits per heavy atom. The molecule has 1 fully saturated rings. The Hall–Kier alpha value is -1.09. The second-order valence-corrected chi connectivity index (χ2v) is 3.41. The van der Waals surface area contributed by atoms with E-state index in [1.54, 1.807) is 18.3 Å². The minimum Gasteiger partial charge on any atom is -0.506 e. The van der Waals surface area contributed by atoms with Crippen molar-refractivity contribution in [1.29, 1.82) is 0 Å². The van der Waals surface area contributed by atoms with Gasteiger partial charge in [-0.2, -0.15) is 0 Å². The number of aromatic hydroxyl groups is 1. The predicted molar refractivity (Wildman–Crippen MR) is 50.5 cm³/mol. The first kappa shape index (κ1) is 8.51. The highest BCUT2D eigenvalue weighted by Crippen LogP contribution is 2.27. The zero-order valence-corrected chi connectivity index (χ0v) is 7.53. The normalized spacial score (nSPS) is 22.9. The molecule has 2 heterocycles. The fourth-order valence-corrected chi connectivity index (χ4v) is 1.76. The monoisotopic (exact) mass is 178 g/mol. The molecule has 3 heteroatoms. The maximum atomic E-state index is 9.56. The van der Waals surface area contributed by atoms with Crippen LogP contribution in [0.5, 0.6) is 5.75 Å². The van der Waals surface area contributed by atoms with Gasteiger partial charge in [0, 0.05) is 6.20 Å². The van der Waals surface area contributed by atoms with Gasteiger partial charge in [-0.15, -0.1) is 0 Å². The third kappa shape index (κ3) is 1.80. The van der Waals surface area contributed by atoms with Crippen LogP contribution in [-0.2, 0) is 0 Å². The largest absolute Gasteiger partial charge is 0.506 e. The van der Waals surface area contributed by atoms with E-state index >= 15 is 0 Å². The molecule has 1 aliphatic heterocycles. The van der Waals surface area contributed by atoms with Crippen LogP contribution in [0.2, 0.25) is 0 Å². The molecule has 1 aliphatic rings. The van der Waals surface area contributed by atoms with Gasteiger partial charge in [-0.1, -0.05) is 6.42 Å². The maximum absolute atomic E-state index is 9.56. The summed E-state index contributed by atoms with van der Waals surface area (Å²) in [5.41, 5.74) is 0.794. The lowest BCUT2D eigenvalue weighted by Crippen LogP contribution is -2.27. The molecule has 1 aromatic rings. The fourth-order valence-electron chi connectivity index (χ4n) is 1.76. The molecule has 2 rings (SSSR count). The average molecular weight is 178 g/mol. The molecule has 2 N–H and O–H groups in total. The number of aromatic nitrogens is 1. The molecule has 1 atom stereocenters. The summed E-state index contributed by atoms with van der Waals surface area (Å²) in [7, 11) is 0. The van der Waals surface area contributed by atoms with Crippen LogP contribution >= 0.6 is 0 Å². The standard InChI is InChI=1S/C10H14N2O/c13-9-5-3-7-12-10(9)8-4-1-2-6-11-8/h3,5,7-8,11,13H,1-2,4,6H2. The third-order valence-electron chi connectivity index (χ3n) is 2.46. The maximum Gasteiger partial charge on any atom is 0.138 e. The molecule has 1 unspecified atom stereocenters. The Labute approximate surface area is 77.8 Å². The molecular weight excluding hydrogens is 164 g/mol. The SMILES string of the molecule is Oc1cccnc1C1CCCCN1. The summed E-state index contributed by atoms with van der Waals surface area (Å²) >= 11 is 0. The van der Waals surface area contributed by atoms with E-state index in [0.717, 1.165) is 18.7 Å². The van der Waals surface area contributed by atoms with Crippen LogP contribution in [0.1, 0.15) is 31.0 Å². The first-order valence-electron chi connectivity index (χ1n) is 4.75. The van der Waals surface area contributed by atoms with Crippen LogP contribution in [-0.4, -0.2) is 16.6 Å². The van der Waals surface area contributed by atoms with Crippen molar-refractivity contribution in [3.8, 4) is 5.75 Å². The summed E-state index contributed by atoms with van der Waals surface area (Å²) in [5, 5.41) is 12.9. The molecule has 0 radical (unpaired) electrons. The lowest BCUT2D eigenvalue weighted by Gasteiger charge is -2.23. The van der Waals surface area contributed by atoms with Crippen LogP contribution in [0.3, 0.4) is 0 Å². The number of rotatable bonds is 1. The van der Waals surface area contributed by atoms with Crippen LogP contribution in [0.15, 0.2) is 18.3 Å². The lowest BCUT2D eigenvalue weighted by molar-refractivity contribution is 0.382. The number of hydrogen-bond acceptors (Lipinski definition) is 3. The summed E-state index contributed by atoms with van der Waals surface area (Å²) in [4.78, 5) is 4.19. The first-order valence-corrected chi connectivity index (χ1v) is 4.75. The number of hydrogen-bond donors (Lipinski definition) is 2. The fraction of sp³-hybridized carbons (Fsp3) is 0.500. The van der Waals surface area contributed by atoms with E-state index in [2.05, 4.69) is 10.3 Å². The van der Waals surface area contributed by atoms with Gasteiger partial charge in [-0.3, -0.25) is 4.98 Å². The topological polar surface area (TPSA) is 45.2 Å². The van der Waals surface area contributed by atoms with Gasteiger partial charge in [-0.05, 0) is 31.5 Å². The molecule has 0 amide bonds. The highest BCUT2D eigenvalue weighted by Gasteiger charge is 2.18. The third-order valence-corrected chi connectivity index (χ3v) is 2.46. The molecule has 1 aromatic heterocycles. The Kier molecular flexibility index (Phi) is 2.45. The van der Waals surface area contributed by atoms with Crippen molar-refractivity contribution < 1.29 is 5.11 Å². The van der Waals surface area contributed by atoms with Crippen LogP contribution < -0.4 is 5.32 Å². The molecule has 0 aromatic carbocycles. The summed E-state index contributed by atoms with van der Waals surface area (Å²) in [6.45, 7) is 1.03. The van der Waals surface area contributed by atoms with Gasteiger partial charge in [0.15, 0.2) is 0 Å². The van der Waals surface area contributed by atoms with Crippen molar-refractivity contribution in [2.24, 2.45) is 0 Å². The van der Waals surface area contributed by atoms with Gasteiger partial charge in [0.25, 0.3) is 0 Å². The van der Waals surface area contributed by atoms with Crippen molar-refractivity contribution in [3.63, 3.8) is 0 Å². The summed E-state index contributed by atoms with van der Waals surface area (Å²) < 4.78 is 0. The number of pyridine rings is 1. The van der Waals surface area contributed by atoms with E-state index in [1.165, 1.54) is 12.8 Å². The van der Waals surface area contributed by atoms with Crippen LogP contribution in [0, 0.1) is 0 Å². The van der Waals surface area contributed by atoms with Crippen LogP contribution in [0.4, 0.5) is 0 Å². The Balaban J connectivity index is 2.18. The Morgan fingerprint density at radius 3 is 3.08 bits per heavy atom. The number of nitrogens with one attached hydrogen (secondary N) is 1. The molecule has 70 valence electrons. The van der Waals surface area contributed by atoms with Crippen molar-refractivity contribution in [2.45, 2.75) is 25.3 Å². The van der Waals surface area contributed by atoms with Crippen molar-refractivity contribution in [3.05, 3.63) is 24.0 Å². The smallest absolute Gasteiger partial charge is 0.138 e. The summed E-state index contributed by atoms with van der Waals surface area (Å²) in [6.07, 6.45) is 5.24. The van der Waals surface area contributed by atoms with E-state index < -0.39 is 0 Å². The highest BCUT2D eigenvalue weighted by atomic mass is 16.3. The number of piperidine rings is 1. The van der Waals surface area contributed by atoms with E-state index in [-0.39, 0.29) is 6.04 Å². The van der Waals surface area contributed by atoms with Gasteiger partial charge in [0.1, 0.15) is 5.75 Å². The minimum absolute atomic E-state index is 0.245. The molecular formula is C10H14N2O. The summed E-state index contributed by atoms with van der Waals surface area (Å²) in [5.74, 6) is 0.307. The van der Waals surface area contributed by atoms with Gasteiger partial charge in [0.2, 0.25) is 0 Å². The molecule has 1 saturated heterocycles. The Bertz CT molecular complexity index is 282. The molecule has 0 aliphatic carbocycles. The van der Waals surface area contributed by atoms with E-state index in [9.17, 15) is 5.11 Å². The molecule has 13 heavy (non-hydrogen) atoms. The van der Waals surface area contributed by atoms with Gasteiger partial charge >= 0.3 is 0 Å². The van der Waals surface area contributed by atoms with Gasteiger partial charge in [0.05, 0.1) is 11.7 Å². The zero-order chi connectivity index (χ0) is 9.10. The second kappa shape index (κ2) is 3.75. The van der Waals surface area contributed by atoms with E-state index in [4.69, 9.17) is 0 Å². The summed E-state index contributed by atoms with van der Waals surface area (Å²) in [6, 6.07) is 3.69. The molecule has 0 spiro atoms. The zero-order valence-electron chi connectivity index (χ0n) is 7.53. The molecule has 0 bridgehead atoms. The lowest BCUT2D eigenvalue weighted by atomic mass is 10.0. The second-order valence-electron chi connectivity index (χ2n) is 3.41. The number of nitrogens with zero attached hydrogens (tertiary/aromatic N) is 1. The molecule has 0 saturated carbocycles. The van der Waals surface area contributed by atoms with Crippen molar-refractivity contribution >= 4 is 0 Å². The van der Waals surface area contributed by atoms with Crippen molar-refractivity contribution in [2.75, 3.05) is 6.54 Å².